The highest BCUT2D eigenvalue weighted by Crippen LogP contribution is 2.23. The molecule has 200 valence electrons. The van der Waals surface area contributed by atoms with Crippen molar-refractivity contribution >= 4 is 56.2 Å². The standard InChI is InChI=1S/C28H31BrN4O4S/c1-2-3-4-13-33-27(37)22-10-7-20(26(36)32-14-11-19(12-15-32)25(30)35)16-23(22)31-28(33)38-17-24(34)18-5-8-21(29)9-6-18/h5-10,16,19H,2-4,11-15,17H2,1H3,(H2,30,35). The molecule has 2 N–H and O–H groups in total. The molecule has 38 heavy (non-hydrogen) atoms. The summed E-state index contributed by atoms with van der Waals surface area (Å²) >= 11 is 4.62. The fraction of sp³-hybridized carbons (Fsp3) is 0.393. The average molecular weight is 600 g/mol. The zero-order valence-electron chi connectivity index (χ0n) is 21.3. The van der Waals surface area contributed by atoms with Crippen molar-refractivity contribution in [2.75, 3.05) is 18.8 Å². The maximum absolute atomic E-state index is 13.5. The van der Waals surface area contributed by atoms with Crippen LogP contribution in [0.1, 0.15) is 59.7 Å². The Bertz CT molecular complexity index is 1400. The van der Waals surface area contributed by atoms with Crippen LogP contribution < -0.4 is 11.3 Å². The summed E-state index contributed by atoms with van der Waals surface area (Å²) in [5.41, 5.74) is 6.70. The molecule has 0 radical (unpaired) electrons. The molecule has 1 saturated heterocycles. The van der Waals surface area contributed by atoms with E-state index in [1.807, 2.05) is 12.1 Å². The van der Waals surface area contributed by atoms with E-state index in [4.69, 9.17) is 10.7 Å². The highest BCUT2D eigenvalue weighted by atomic mass is 79.9. The third kappa shape index (κ3) is 6.53. The molecule has 3 aromatic rings. The summed E-state index contributed by atoms with van der Waals surface area (Å²) in [5.74, 6) is -0.612. The summed E-state index contributed by atoms with van der Waals surface area (Å²) in [5, 5.41) is 0.907. The first-order valence-electron chi connectivity index (χ1n) is 12.8. The van der Waals surface area contributed by atoms with Gasteiger partial charge in [-0.3, -0.25) is 23.7 Å². The van der Waals surface area contributed by atoms with Crippen molar-refractivity contribution < 1.29 is 14.4 Å². The third-order valence-electron chi connectivity index (χ3n) is 6.84. The van der Waals surface area contributed by atoms with Gasteiger partial charge in [-0.25, -0.2) is 4.98 Å². The minimum atomic E-state index is -0.328. The molecular formula is C28H31BrN4O4S. The minimum Gasteiger partial charge on any atom is -0.369 e. The molecule has 0 bridgehead atoms. The summed E-state index contributed by atoms with van der Waals surface area (Å²) in [4.78, 5) is 57.4. The molecule has 0 aliphatic carbocycles. The van der Waals surface area contributed by atoms with E-state index in [1.165, 1.54) is 11.8 Å². The fourth-order valence-electron chi connectivity index (χ4n) is 4.56. The van der Waals surface area contributed by atoms with Crippen molar-refractivity contribution in [3.8, 4) is 0 Å². The van der Waals surface area contributed by atoms with Crippen LogP contribution in [0.15, 0.2) is 56.9 Å². The van der Waals surface area contributed by atoms with Crippen molar-refractivity contribution in [3.63, 3.8) is 0 Å². The molecule has 0 saturated carbocycles. The SMILES string of the molecule is CCCCCn1c(SCC(=O)c2ccc(Br)cc2)nc2cc(C(=O)N3CCC(C(N)=O)CC3)ccc2c1=O. The van der Waals surface area contributed by atoms with Crippen LogP contribution >= 0.6 is 27.7 Å². The molecule has 1 aliphatic heterocycles. The molecule has 0 unspecified atom stereocenters. The first-order chi connectivity index (χ1) is 18.3. The molecule has 1 fully saturated rings. The van der Waals surface area contributed by atoms with Crippen molar-refractivity contribution in [2.24, 2.45) is 11.7 Å². The van der Waals surface area contributed by atoms with Gasteiger partial charge in [0.15, 0.2) is 10.9 Å². The van der Waals surface area contributed by atoms with Crippen LogP contribution in [0.4, 0.5) is 0 Å². The predicted molar refractivity (Wildman–Crippen MR) is 153 cm³/mol. The number of halogens is 1. The van der Waals surface area contributed by atoms with Gasteiger partial charge in [-0.1, -0.05) is 59.6 Å². The molecule has 0 atom stereocenters. The van der Waals surface area contributed by atoms with Crippen molar-refractivity contribution in [1.82, 2.24) is 14.5 Å². The maximum atomic E-state index is 13.5. The zero-order chi connectivity index (χ0) is 27.2. The quantitative estimate of drug-likeness (QED) is 0.157. The number of Topliss-reactive ketones (excluding diaryl/α,β-unsaturated/α-hetero) is 1. The largest absolute Gasteiger partial charge is 0.369 e. The Hall–Kier alpha value is -2.98. The number of benzene rings is 2. The smallest absolute Gasteiger partial charge is 0.262 e. The summed E-state index contributed by atoms with van der Waals surface area (Å²) < 4.78 is 2.54. The number of primary amides is 1. The van der Waals surface area contributed by atoms with E-state index >= 15 is 0 Å². The molecule has 2 heterocycles. The number of nitrogens with zero attached hydrogens (tertiary/aromatic N) is 3. The molecule has 4 rings (SSSR count). The van der Waals surface area contributed by atoms with Gasteiger partial charge in [0.1, 0.15) is 0 Å². The van der Waals surface area contributed by atoms with E-state index in [0.717, 1.165) is 23.7 Å². The van der Waals surface area contributed by atoms with Crippen LogP contribution in [0.25, 0.3) is 10.9 Å². The van der Waals surface area contributed by atoms with E-state index in [9.17, 15) is 19.2 Å². The van der Waals surface area contributed by atoms with Gasteiger partial charge in [0.05, 0.1) is 16.7 Å². The number of aromatic nitrogens is 2. The molecule has 2 aromatic carbocycles. The van der Waals surface area contributed by atoms with Gasteiger partial charge in [0, 0.05) is 41.2 Å². The fourth-order valence-corrected chi connectivity index (χ4v) is 5.74. The van der Waals surface area contributed by atoms with Crippen LogP contribution in [0.2, 0.25) is 0 Å². The Balaban J connectivity index is 1.60. The van der Waals surface area contributed by atoms with Crippen LogP contribution in [-0.4, -0.2) is 50.9 Å². The Morgan fingerprint density at radius 2 is 1.74 bits per heavy atom. The van der Waals surface area contributed by atoms with Crippen molar-refractivity contribution in [2.45, 2.75) is 50.7 Å². The first kappa shape index (κ1) is 28.0. The number of amides is 2. The number of unbranched alkanes of at least 4 members (excludes halogenated alkanes) is 2. The molecule has 1 aliphatic rings. The molecule has 0 spiro atoms. The van der Waals surface area contributed by atoms with E-state index < -0.39 is 0 Å². The lowest BCUT2D eigenvalue weighted by atomic mass is 9.96. The second-order valence-corrected chi connectivity index (χ2v) is 11.3. The Kier molecular flexibility index (Phi) is 9.38. The van der Waals surface area contributed by atoms with Crippen LogP contribution in [-0.2, 0) is 11.3 Å². The summed E-state index contributed by atoms with van der Waals surface area (Å²) in [7, 11) is 0. The monoisotopic (exact) mass is 598 g/mol. The zero-order valence-corrected chi connectivity index (χ0v) is 23.7. The number of likely N-dealkylation sites (tertiary alicyclic amines) is 1. The number of piperidine rings is 1. The lowest BCUT2D eigenvalue weighted by Gasteiger charge is -2.30. The third-order valence-corrected chi connectivity index (χ3v) is 8.34. The minimum absolute atomic E-state index is 0.0553. The second-order valence-electron chi connectivity index (χ2n) is 9.48. The van der Waals surface area contributed by atoms with E-state index in [-0.39, 0.29) is 34.8 Å². The normalized spacial score (nSPS) is 14.1. The van der Waals surface area contributed by atoms with Crippen LogP contribution in [0.5, 0.6) is 0 Å². The maximum Gasteiger partial charge on any atom is 0.262 e. The Labute approximate surface area is 234 Å². The summed E-state index contributed by atoms with van der Waals surface area (Å²) in [6, 6.07) is 12.1. The summed E-state index contributed by atoms with van der Waals surface area (Å²) in [6.45, 7) is 3.52. The molecular weight excluding hydrogens is 568 g/mol. The van der Waals surface area contributed by atoms with Gasteiger partial charge < -0.3 is 10.6 Å². The topological polar surface area (TPSA) is 115 Å². The van der Waals surface area contributed by atoms with Gasteiger partial charge in [0.25, 0.3) is 11.5 Å². The lowest BCUT2D eigenvalue weighted by Crippen LogP contribution is -2.41. The number of thioether (sulfide) groups is 1. The van der Waals surface area contributed by atoms with Gasteiger partial charge in [-0.05, 0) is 49.6 Å². The molecule has 2 amide bonds. The number of hydrogen-bond acceptors (Lipinski definition) is 6. The van der Waals surface area contributed by atoms with Gasteiger partial charge in [-0.2, -0.15) is 0 Å². The average Bonchev–Trinajstić information content (AvgIpc) is 2.93. The number of ketones is 1. The van der Waals surface area contributed by atoms with Crippen molar-refractivity contribution in [1.29, 1.82) is 0 Å². The lowest BCUT2D eigenvalue weighted by molar-refractivity contribution is -0.123. The number of nitrogens with two attached hydrogens (primary N) is 1. The summed E-state index contributed by atoms with van der Waals surface area (Å²) in [6.07, 6.45) is 3.91. The number of hydrogen-bond donors (Lipinski definition) is 1. The van der Waals surface area contributed by atoms with E-state index in [0.29, 0.717) is 59.7 Å². The van der Waals surface area contributed by atoms with E-state index in [1.54, 1.807) is 39.8 Å². The molecule has 10 heteroatoms. The van der Waals surface area contributed by atoms with Gasteiger partial charge in [-0.15, -0.1) is 0 Å². The Morgan fingerprint density at radius 3 is 2.39 bits per heavy atom. The number of fused-ring (bicyclic) bond motifs is 1. The molecule has 8 nitrogen and oxygen atoms in total. The van der Waals surface area contributed by atoms with Crippen LogP contribution in [0.3, 0.4) is 0 Å². The van der Waals surface area contributed by atoms with Crippen molar-refractivity contribution in [3.05, 3.63) is 68.4 Å². The molecule has 1 aromatic heterocycles. The Morgan fingerprint density at radius 1 is 1.05 bits per heavy atom. The number of carbonyl (C=O) groups excluding carboxylic acids is 3. The first-order valence-corrected chi connectivity index (χ1v) is 14.6. The highest BCUT2D eigenvalue weighted by Gasteiger charge is 2.27. The second kappa shape index (κ2) is 12.7. The van der Waals surface area contributed by atoms with Gasteiger partial charge in [0.2, 0.25) is 5.91 Å². The predicted octanol–water partition coefficient (Wildman–Crippen LogP) is 4.66. The van der Waals surface area contributed by atoms with Gasteiger partial charge >= 0.3 is 0 Å². The van der Waals surface area contributed by atoms with E-state index in [2.05, 4.69) is 22.9 Å². The number of carbonyl (C=O) groups is 3. The number of rotatable bonds is 10. The highest BCUT2D eigenvalue weighted by molar-refractivity contribution is 9.10. The van der Waals surface area contributed by atoms with Crippen LogP contribution in [0, 0.1) is 5.92 Å².